The molecule has 2 N–H and O–H groups in total. The third kappa shape index (κ3) is 3.39. The minimum absolute atomic E-state index is 0.106. The fraction of sp³-hybridized carbons (Fsp3) is 0.158. The van der Waals surface area contributed by atoms with Crippen LogP contribution in [0.15, 0.2) is 36.4 Å². The van der Waals surface area contributed by atoms with Gasteiger partial charge in [0.25, 0.3) is 0 Å². The molecule has 128 valence electrons. The van der Waals surface area contributed by atoms with Crippen molar-refractivity contribution in [2.24, 2.45) is 0 Å². The van der Waals surface area contributed by atoms with Crippen molar-refractivity contribution in [1.29, 1.82) is 0 Å². The van der Waals surface area contributed by atoms with E-state index in [2.05, 4.69) is 10.2 Å². The molecule has 25 heavy (non-hydrogen) atoms. The number of nitrogens with one attached hydrogen (secondary N) is 1. The first-order chi connectivity index (χ1) is 12.1. The topological polar surface area (TPSA) is 84.4 Å². The molecule has 0 aliphatic heterocycles. The Kier molecular flexibility index (Phi) is 4.81. The predicted octanol–water partition coefficient (Wildman–Crippen LogP) is 3.59. The Morgan fingerprint density at radius 1 is 1.16 bits per heavy atom. The summed E-state index contributed by atoms with van der Waals surface area (Å²) in [6.45, 7) is 0.574. The summed E-state index contributed by atoms with van der Waals surface area (Å²) >= 11 is 0. The number of aromatic nitrogens is 2. The van der Waals surface area contributed by atoms with Crippen LogP contribution in [0, 0.1) is 0 Å². The van der Waals surface area contributed by atoms with Gasteiger partial charge in [0.15, 0.2) is 0 Å². The van der Waals surface area contributed by atoms with Gasteiger partial charge in [0, 0.05) is 7.11 Å². The smallest absolute Gasteiger partial charge is 0.339 e. The summed E-state index contributed by atoms with van der Waals surface area (Å²) in [6, 6.07) is 11.1. The minimum Gasteiger partial charge on any atom is -0.495 e. The van der Waals surface area contributed by atoms with E-state index in [1.54, 1.807) is 13.2 Å². The molecule has 0 spiro atoms. The number of nitrogens with zero attached hydrogens (tertiary/aromatic N) is 1. The number of aromatic amines is 1. The van der Waals surface area contributed by atoms with Crippen molar-refractivity contribution in [3.63, 3.8) is 0 Å². The molecule has 3 rings (SSSR count). The van der Waals surface area contributed by atoms with Gasteiger partial charge in [-0.25, -0.2) is 4.79 Å². The molecular formula is C19H18N2O4. The molecular weight excluding hydrogens is 320 g/mol. The minimum atomic E-state index is -1.04. The quantitative estimate of drug-likeness (QED) is 0.717. The molecule has 0 saturated heterocycles. The summed E-state index contributed by atoms with van der Waals surface area (Å²) in [5.41, 5.74) is 3.55. The van der Waals surface area contributed by atoms with Crippen molar-refractivity contribution >= 4 is 29.0 Å². The van der Waals surface area contributed by atoms with Gasteiger partial charge in [-0.3, -0.25) is 5.10 Å². The van der Waals surface area contributed by atoms with Crippen LogP contribution in [0.25, 0.3) is 23.1 Å². The SMILES string of the molecule is COCc1ccc(/C=C/c2[nH]nc3ccc(C(=O)O)c(OC)c23)cc1. The third-order valence-corrected chi connectivity index (χ3v) is 3.87. The highest BCUT2D eigenvalue weighted by Gasteiger charge is 2.17. The number of ether oxygens (including phenoxy) is 2. The Balaban J connectivity index is 1.98. The molecule has 1 heterocycles. The second-order valence-corrected chi connectivity index (χ2v) is 5.49. The Hall–Kier alpha value is -3.12. The summed E-state index contributed by atoms with van der Waals surface area (Å²) < 4.78 is 10.4. The highest BCUT2D eigenvalue weighted by atomic mass is 16.5. The highest BCUT2D eigenvalue weighted by Crippen LogP contribution is 2.32. The van der Waals surface area contributed by atoms with Crippen LogP contribution in [0.5, 0.6) is 5.75 Å². The zero-order valence-electron chi connectivity index (χ0n) is 13.9. The maximum Gasteiger partial charge on any atom is 0.339 e. The molecule has 0 aliphatic carbocycles. The van der Waals surface area contributed by atoms with E-state index in [-0.39, 0.29) is 5.56 Å². The van der Waals surface area contributed by atoms with E-state index in [1.165, 1.54) is 13.2 Å². The molecule has 0 fully saturated rings. The first-order valence-corrected chi connectivity index (χ1v) is 7.68. The van der Waals surface area contributed by atoms with E-state index in [1.807, 2.05) is 36.4 Å². The van der Waals surface area contributed by atoms with Gasteiger partial charge in [0.2, 0.25) is 0 Å². The summed E-state index contributed by atoms with van der Waals surface area (Å²) in [4.78, 5) is 11.4. The molecule has 0 atom stereocenters. The zero-order chi connectivity index (χ0) is 17.8. The monoisotopic (exact) mass is 338 g/mol. The van der Waals surface area contributed by atoms with Gasteiger partial charge < -0.3 is 14.6 Å². The lowest BCUT2D eigenvalue weighted by Crippen LogP contribution is -2.00. The van der Waals surface area contributed by atoms with Crippen molar-refractivity contribution in [3.05, 3.63) is 58.8 Å². The molecule has 3 aromatic rings. The number of rotatable bonds is 6. The molecule has 0 bridgehead atoms. The number of carbonyl (C=O) groups is 1. The third-order valence-electron chi connectivity index (χ3n) is 3.87. The standard InChI is InChI=1S/C19H18N2O4/c1-24-11-13-5-3-12(4-6-13)7-9-15-17-16(21-20-15)10-8-14(19(22)23)18(17)25-2/h3-10H,11H2,1-2H3,(H,20,21)(H,22,23)/b9-7+. The van der Waals surface area contributed by atoms with Gasteiger partial charge in [-0.05, 0) is 29.3 Å². The number of methoxy groups -OCH3 is 2. The number of carboxylic acid groups (broad SMARTS) is 1. The first-order valence-electron chi connectivity index (χ1n) is 7.68. The second-order valence-electron chi connectivity index (χ2n) is 5.49. The largest absolute Gasteiger partial charge is 0.495 e. The van der Waals surface area contributed by atoms with Gasteiger partial charge >= 0.3 is 5.97 Å². The Morgan fingerprint density at radius 2 is 1.92 bits per heavy atom. The fourth-order valence-corrected chi connectivity index (χ4v) is 2.67. The zero-order valence-corrected chi connectivity index (χ0v) is 13.9. The molecule has 6 heteroatoms. The lowest BCUT2D eigenvalue weighted by Gasteiger charge is -2.06. The predicted molar refractivity (Wildman–Crippen MR) is 95.7 cm³/mol. The fourth-order valence-electron chi connectivity index (χ4n) is 2.67. The molecule has 2 aromatic carbocycles. The molecule has 1 aromatic heterocycles. The van der Waals surface area contributed by atoms with Crippen LogP contribution < -0.4 is 4.74 Å². The van der Waals surface area contributed by atoms with Gasteiger partial charge in [0.05, 0.1) is 30.3 Å². The maximum absolute atomic E-state index is 11.4. The van der Waals surface area contributed by atoms with E-state index in [0.717, 1.165) is 11.1 Å². The second kappa shape index (κ2) is 7.19. The van der Waals surface area contributed by atoms with Crippen LogP contribution in [0.3, 0.4) is 0 Å². The Morgan fingerprint density at radius 3 is 2.56 bits per heavy atom. The lowest BCUT2D eigenvalue weighted by molar-refractivity contribution is 0.0693. The van der Waals surface area contributed by atoms with Crippen molar-refractivity contribution in [3.8, 4) is 5.75 Å². The van der Waals surface area contributed by atoms with E-state index in [9.17, 15) is 9.90 Å². The molecule has 0 aliphatic rings. The Bertz CT molecular complexity index is 926. The number of hydrogen-bond acceptors (Lipinski definition) is 4. The van der Waals surface area contributed by atoms with Crippen LogP contribution >= 0.6 is 0 Å². The van der Waals surface area contributed by atoms with Crippen LogP contribution in [0.1, 0.15) is 27.2 Å². The van der Waals surface area contributed by atoms with E-state index in [0.29, 0.717) is 29.0 Å². The number of fused-ring (bicyclic) bond motifs is 1. The van der Waals surface area contributed by atoms with Crippen molar-refractivity contribution in [2.45, 2.75) is 6.61 Å². The number of aromatic carboxylic acids is 1. The first kappa shape index (κ1) is 16.7. The summed E-state index contributed by atoms with van der Waals surface area (Å²) in [5, 5.41) is 17.1. The summed E-state index contributed by atoms with van der Waals surface area (Å²) in [5.74, 6) is -0.738. The average molecular weight is 338 g/mol. The van der Waals surface area contributed by atoms with E-state index < -0.39 is 5.97 Å². The Labute approximate surface area is 144 Å². The number of H-pyrrole nitrogens is 1. The molecule has 0 saturated carbocycles. The number of hydrogen-bond donors (Lipinski definition) is 2. The van der Waals surface area contributed by atoms with Gasteiger partial charge in [0.1, 0.15) is 11.3 Å². The average Bonchev–Trinajstić information content (AvgIpc) is 3.03. The van der Waals surface area contributed by atoms with Crippen molar-refractivity contribution in [2.75, 3.05) is 14.2 Å². The summed E-state index contributed by atoms with van der Waals surface area (Å²) in [7, 11) is 3.12. The lowest BCUT2D eigenvalue weighted by atomic mass is 10.1. The van der Waals surface area contributed by atoms with Crippen molar-refractivity contribution < 1.29 is 19.4 Å². The molecule has 0 amide bonds. The molecule has 6 nitrogen and oxygen atoms in total. The van der Waals surface area contributed by atoms with Gasteiger partial charge in [-0.15, -0.1) is 0 Å². The van der Waals surface area contributed by atoms with E-state index in [4.69, 9.17) is 9.47 Å². The van der Waals surface area contributed by atoms with Gasteiger partial charge in [-0.2, -0.15) is 5.10 Å². The number of benzene rings is 2. The maximum atomic E-state index is 11.4. The number of carboxylic acids is 1. The summed E-state index contributed by atoms with van der Waals surface area (Å²) in [6.07, 6.45) is 3.78. The van der Waals surface area contributed by atoms with Crippen LogP contribution in [-0.2, 0) is 11.3 Å². The van der Waals surface area contributed by atoms with Crippen LogP contribution in [0.4, 0.5) is 0 Å². The van der Waals surface area contributed by atoms with Gasteiger partial charge in [-0.1, -0.05) is 30.3 Å². The normalized spacial score (nSPS) is 11.3. The van der Waals surface area contributed by atoms with E-state index >= 15 is 0 Å². The van der Waals surface area contributed by atoms with Crippen LogP contribution in [0.2, 0.25) is 0 Å². The highest BCUT2D eigenvalue weighted by molar-refractivity contribution is 6.02. The van der Waals surface area contributed by atoms with Crippen LogP contribution in [-0.4, -0.2) is 35.5 Å². The van der Waals surface area contributed by atoms with Crippen molar-refractivity contribution in [1.82, 2.24) is 10.2 Å². The molecule has 0 radical (unpaired) electrons. The molecule has 0 unspecified atom stereocenters.